The minimum atomic E-state index is -0.397. The Labute approximate surface area is 119 Å². The lowest BCUT2D eigenvalue weighted by Gasteiger charge is -2.41. The second-order valence-electron chi connectivity index (χ2n) is 5.91. The molecule has 2 aliphatic rings. The third kappa shape index (κ3) is 1.46. The van der Waals surface area contributed by atoms with Crippen molar-refractivity contribution in [1.29, 1.82) is 0 Å². The van der Waals surface area contributed by atoms with Crippen molar-refractivity contribution < 1.29 is 9.59 Å². The highest BCUT2D eigenvalue weighted by Gasteiger charge is 2.48. The van der Waals surface area contributed by atoms with Gasteiger partial charge >= 0.3 is 0 Å². The van der Waals surface area contributed by atoms with Gasteiger partial charge in [0.25, 0.3) is 11.7 Å². The maximum absolute atomic E-state index is 12.4. The van der Waals surface area contributed by atoms with Crippen molar-refractivity contribution >= 4 is 23.0 Å². The molecule has 3 heteroatoms. The summed E-state index contributed by atoms with van der Waals surface area (Å²) in [4.78, 5) is 26.4. The number of anilines is 1. The molecule has 0 fully saturated rings. The summed E-state index contributed by atoms with van der Waals surface area (Å²) in [7, 11) is 0. The van der Waals surface area contributed by atoms with Gasteiger partial charge in [-0.1, -0.05) is 19.9 Å². The van der Waals surface area contributed by atoms with E-state index in [4.69, 9.17) is 0 Å². The van der Waals surface area contributed by atoms with Crippen LogP contribution in [0.1, 0.15) is 55.1 Å². The first kappa shape index (κ1) is 13.1. The number of hydrogen-bond donors (Lipinski definition) is 0. The average Bonchev–Trinajstić information content (AvgIpc) is 2.68. The molecule has 0 spiro atoms. The van der Waals surface area contributed by atoms with E-state index < -0.39 is 5.54 Å². The molecule has 0 N–H and O–H groups in total. The Morgan fingerprint density at radius 2 is 1.80 bits per heavy atom. The molecule has 20 heavy (non-hydrogen) atoms. The fourth-order valence-corrected chi connectivity index (χ4v) is 3.31. The molecule has 104 valence electrons. The van der Waals surface area contributed by atoms with Crippen LogP contribution in [0.5, 0.6) is 0 Å². The molecule has 1 aromatic rings. The number of amides is 1. The summed E-state index contributed by atoms with van der Waals surface area (Å²) in [6.45, 7) is 8.17. The summed E-state index contributed by atoms with van der Waals surface area (Å²) in [5.74, 6) is -0.752. The molecule has 1 atom stereocenters. The van der Waals surface area contributed by atoms with Gasteiger partial charge in [0.15, 0.2) is 0 Å². The lowest BCUT2D eigenvalue weighted by Crippen LogP contribution is -2.49. The quantitative estimate of drug-likeness (QED) is 0.771. The van der Waals surface area contributed by atoms with Gasteiger partial charge in [-0.25, -0.2) is 0 Å². The van der Waals surface area contributed by atoms with Crippen molar-refractivity contribution in [3.05, 3.63) is 34.9 Å². The molecule has 2 heterocycles. The number of allylic oxidation sites excluding steroid dienone is 1. The van der Waals surface area contributed by atoms with Gasteiger partial charge in [-0.3, -0.25) is 14.5 Å². The maximum atomic E-state index is 12.4. The number of Topliss-reactive ketones (excluding diaryl/α,β-unsaturated/α-hetero) is 1. The molecule has 1 amide bonds. The standard InChI is InChI=1S/C17H19NO2/c1-5-11-9-17(4,6-2)18-14-12(11)7-10(3)8-13(14)15(19)16(18)20/h7-9H,5-6H2,1-4H3/t17-/m0/s1. The molecule has 0 aromatic heterocycles. The van der Waals surface area contributed by atoms with Crippen LogP contribution in [0.4, 0.5) is 5.69 Å². The minimum Gasteiger partial charge on any atom is -0.295 e. The van der Waals surface area contributed by atoms with Gasteiger partial charge < -0.3 is 0 Å². The summed E-state index contributed by atoms with van der Waals surface area (Å²) < 4.78 is 0. The molecule has 0 aliphatic carbocycles. The molecule has 1 aromatic carbocycles. The van der Waals surface area contributed by atoms with Crippen LogP contribution in [0.25, 0.3) is 5.57 Å². The molecule has 0 bridgehead atoms. The van der Waals surface area contributed by atoms with E-state index in [1.165, 1.54) is 5.57 Å². The SMILES string of the molecule is CCC1=C[C@](C)(CC)N2C(=O)C(=O)c3cc(C)cc1c32. The molecule has 0 radical (unpaired) electrons. The van der Waals surface area contributed by atoms with Crippen molar-refractivity contribution in [2.45, 2.75) is 46.1 Å². The van der Waals surface area contributed by atoms with Gasteiger partial charge in [0, 0.05) is 5.56 Å². The van der Waals surface area contributed by atoms with Crippen LogP contribution >= 0.6 is 0 Å². The first-order valence-corrected chi connectivity index (χ1v) is 7.18. The second kappa shape index (κ2) is 4.05. The van der Waals surface area contributed by atoms with Crippen molar-refractivity contribution in [1.82, 2.24) is 0 Å². The first-order valence-electron chi connectivity index (χ1n) is 7.18. The minimum absolute atomic E-state index is 0.365. The number of rotatable bonds is 2. The maximum Gasteiger partial charge on any atom is 0.300 e. The lowest BCUT2D eigenvalue weighted by molar-refractivity contribution is -0.115. The Bertz CT molecular complexity index is 672. The predicted octanol–water partition coefficient (Wildman–Crippen LogP) is 3.50. The topological polar surface area (TPSA) is 37.4 Å². The predicted molar refractivity (Wildman–Crippen MR) is 80.0 cm³/mol. The molecular weight excluding hydrogens is 250 g/mol. The average molecular weight is 269 g/mol. The Morgan fingerprint density at radius 3 is 2.40 bits per heavy atom. The summed E-state index contributed by atoms with van der Waals surface area (Å²) in [6, 6.07) is 3.93. The van der Waals surface area contributed by atoms with Crippen LogP contribution in [0.3, 0.4) is 0 Å². The third-order valence-electron chi connectivity index (χ3n) is 4.56. The fraction of sp³-hybridized carbons (Fsp3) is 0.412. The van der Waals surface area contributed by atoms with E-state index in [1.807, 2.05) is 19.9 Å². The largest absolute Gasteiger partial charge is 0.300 e. The Morgan fingerprint density at radius 1 is 1.15 bits per heavy atom. The summed E-state index contributed by atoms with van der Waals surface area (Å²) in [5.41, 5.74) is 4.31. The summed E-state index contributed by atoms with van der Waals surface area (Å²) in [5, 5.41) is 0. The summed E-state index contributed by atoms with van der Waals surface area (Å²) in [6.07, 6.45) is 3.86. The molecular formula is C17H19NO2. The molecule has 3 rings (SSSR count). The monoisotopic (exact) mass is 269 g/mol. The van der Waals surface area contributed by atoms with E-state index in [0.29, 0.717) is 5.56 Å². The number of carbonyl (C=O) groups is 2. The number of ketones is 1. The van der Waals surface area contributed by atoms with E-state index in [0.717, 1.165) is 29.7 Å². The van der Waals surface area contributed by atoms with E-state index in [9.17, 15) is 9.59 Å². The smallest absolute Gasteiger partial charge is 0.295 e. The van der Waals surface area contributed by atoms with Crippen LogP contribution in [-0.4, -0.2) is 17.2 Å². The number of benzene rings is 1. The van der Waals surface area contributed by atoms with Crippen molar-refractivity contribution in [3.63, 3.8) is 0 Å². The highest BCUT2D eigenvalue weighted by molar-refractivity contribution is 6.53. The molecule has 3 nitrogen and oxygen atoms in total. The van der Waals surface area contributed by atoms with E-state index in [2.05, 4.69) is 26.0 Å². The van der Waals surface area contributed by atoms with E-state index in [-0.39, 0.29) is 11.7 Å². The van der Waals surface area contributed by atoms with Gasteiger partial charge in [-0.2, -0.15) is 0 Å². The zero-order valence-electron chi connectivity index (χ0n) is 12.4. The number of carbonyl (C=O) groups excluding carboxylic acids is 2. The number of aryl methyl sites for hydroxylation is 1. The molecule has 0 saturated heterocycles. The van der Waals surface area contributed by atoms with Crippen molar-refractivity contribution in [3.8, 4) is 0 Å². The van der Waals surface area contributed by atoms with E-state index in [1.54, 1.807) is 4.90 Å². The molecule has 2 aliphatic heterocycles. The van der Waals surface area contributed by atoms with Crippen LogP contribution in [0.15, 0.2) is 18.2 Å². The van der Waals surface area contributed by atoms with Gasteiger partial charge in [0.2, 0.25) is 0 Å². The Hall–Kier alpha value is -1.90. The first-order chi connectivity index (χ1) is 9.42. The van der Waals surface area contributed by atoms with E-state index >= 15 is 0 Å². The van der Waals surface area contributed by atoms with Crippen LogP contribution < -0.4 is 4.90 Å². The fourth-order valence-electron chi connectivity index (χ4n) is 3.31. The number of hydrogen-bond acceptors (Lipinski definition) is 2. The zero-order valence-corrected chi connectivity index (χ0v) is 12.4. The van der Waals surface area contributed by atoms with Gasteiger partial charge in [0.1, 0.15) is 0 Å². The van der Waals surface area contributed by atoms with Crippen molar-refractivity contribution in [2.24, 2.45) is 0 Å². The van der Waals surface area contributed by atoms with Crippen molar-refractivity contribution in [2.75, 3.05) is 4.90 Å². The Balaban J connectivity index is 2.38. The highest BCUT2D eigenvalue weighted by Crippen LogP contribution is 2.47. The normalized spacial score (nSPS) is 24.0. The summed E-state index contributed by atoms with van der Waals surface area (Å²) >= 11 is 0. The molecule has 0 unspecified atom stereocenters. The lowest BCUT2D eigenvalue weighted by atomic mass is 9.84. The number of nitrogens with zero attached hydrogens (tertiary/aromatic N) is 1. The van der Waals surface area contributed by atoms with Crippen LogP contribution in [0.2, 0.25) is 0 Å². The Kier molecular flexibility index (Phi) is 2.65. The van der Waals surface area contributed by atoms with Gasteiger partial charge in [-0.05, 0) is 50.0 Å². The van der Waals surface area contributed by atoms with Crippen LogP contribution in [-0.2, 0) is 4.79 Å². The highest BCUT2D eigenvalue weighted by atomic mass is 16.2. The van der Waals surface area contributed by atoms with Gasteiger partial charge in [0.05, 0.1) is 16.8 Å². The molecule has 0 saturated carbocycles. The van der Waals surface area contributed by atoms with Gasteiger partial charge in [-0.15, -0.1) is 0 Å². The third-order valence-corrected chi connectivity index (χ3v) is 4.56. The van der Waals surface area contributed by atoms with Crippen LogP contribution in [0, 0.1) is 6.92 Å². The second-order valence-corrected chi connectivity index (χ2v) is 5.91. The zero-order chi connectivity index (χ0) is 14.7.